The van der Waals surface area contributed by atoms with Crippen molar-refractivity contribution in [2.75, 3.05) is 7.11 Å². The van der Waals surface area contributed by atoms with Crippen LogP contribution in [-0.4, -0.2) is 24.2 Å². The monoisotopic (exact) mass is 280 g/mol. The Morgan fingerprint density at radius 1 is 1.35 bits per heavy atom. The van der Waals surface area contributed by atoms with Crippen molar-refractivity contribution in [1.82, 2.24) is 0 Å². The molecule has 0 saturated heterocycles. The molecule has 1 saturated carbocycles. The maximum atomic E-state index is 10.9. The van der Waals surface area contributed by atoms with Crippen molar-refractivity contribution in [1.29, 1.82) is 0 Å². The first-order chi connectivity index (χ1) is 9.60. The fourth-order valence-electron chi connectivity index (χ4n) is 2.44. The Labute approximate surface area is 118 Å². The predicted octanol–water partition coefficient (Wildman–Crippen LogP) is 2.39. The van der Waals surface area contributed by atoms with Crippen LogP contribution < -0.4 is 10.5 Å². The third-order valence-electron chi connectivity index (χ3n) is 3.64. The SMILES string of the molecule is COc1ccc(COC2CCC(N)CC2)cc1[N+](=O)[O-]. The van der Waals surface area contributed by atoms with Crippen molar-refractivity contribution in [3.63, 3.8) is 0 Å². The molecule has 0 heterocycles. The van der Waals surface area contributed by atoms with Crippen molar-refractivity contribution in [3.05, 3.63) is 33.9 Å². The number of nitrogens with two attached hydrogens (primary N) is 1. The van der Waals surface area contributed by atoms with Gasteiger partial charge in [0.1, 0.15) is 0 Å². The number of hydrogen-bond donors (Lipinski definition) is 1. The van der Waals surface area contributed by atoms with E-state index in [0.29, 0.717) is 6.61 Å². The van der Waals surface area contributed by atoms with E-state index in [4.69, 9.17) is 15.2 Å². The summed E-state index contributed by atoms with van der Waals surface area (Å²) in [6.07, 6.45) is 4.08. The average molecular weight is 280 g/mol. The number of nitro benzene ring substituents is 1. The summed E-state index contributed by atoms with van der Waals surface area (Å²) in [5, 5.41) is 10.9. The molecule has 6 heteroatoms. The molecule has 2 N–H and O–H groups in total. The van der Waals surface area contributed by atoms with Crippen molar-refractivity contribution < 1.29 is 14.4 Å². The van der Waals surface area contributed by atoms with E-state index in [2.05, 4.69) is 0 Å². The average Bonchev–Trinajstić information content (AvgIpc) is 2.46. The van der Waals surface area contributed by atoms with Gasteiger partial charge in [0.25, 0.3) is 0 Å². The summed E-state index contributed by atoms with van der Waals surface area (Å²) in [7, 11) is 1.42. The van der Waals surface area contributed by atoms with Gasteiger partial charge in [-0.15, -0.1) is 0 Å². The van der Waals surface area contributed by atoms with Gasteiger partial charge >= 0.3 is 5.69 Å². The quantitative estimate of drug-likeness (QED) is 0.661. The fraction of sp³-hybridized carbons (Fsp3) is 0.571. The molecule has 0 aliphatic heterocycles. The molecule has 1 aliphatic rings. The number of methoxy groups -OCH3 is 1. The number of benzene rings is 1. The molecule has 1 aromatic carbocycles. The van der Waals surface area contributed by atoms with Crippen LogP contribution in [0.5, 0.6) is 5.75 Å². The van der Waals surface area contributed by atoms with Crippen LogP contribution in [0.4, 0.5) is 5.69 Å². The zero-order valence-electron chi connectivity index (χ0n) is 11.6. The standard InChI is InChI=1S/C14H20N2O4/c1-19-14-7-2-10(8-13(14)16(17)18)9-20-12-5-3-11(15)4-6-12/h2,7-8,11-12H,3-6,9,15H2,1H3. The minimum absolute atomic E-state index is 0.0285. The first kappa shape index (κ1) is 14.7. The van der Waals surface area contributed by atoms with Crippen LogP contribution in [0.15, 0.2) is 18.2 Å². The van der Waals surface area contributed by atoms with Gasteiger partial charge in [-0.3, -0.25) is 10.1 Å². The van der Waals surface area contributed by atoms with Gasteiger partial charge in [0, 0.05) is 12.1 Å². The number of nitro groups is 1. The summed E-state index contributed by atoms with van der Waals surface area (Å²) in [5.41, 5.74) is 6.60. The van der Waals surface area contributed by atoms with Crippen LogP contribution in [-0.2, 0) is 11.3 Å². The van der Waals surface area contributed by atoms with Gasteiger partial charge in [-0.25, -0.2) is 0 Å². The molecule has 20 heavy (non-hydrogen) atoms. The number of rotatable bonds is 5. The van der Waals surface area contributed by atoms with Crippen LogP contribution in [0, 0.1) is 10.1 Å². The van der Waals surface area contributed by atoms with Crippen LogP contribution in [0.3, 0.4) is 0 Å². The Balaban J connectivity index is 1.96. The van der Waals surface area contributed by atoms with Gasteiger partial charge in [0.05, 0.1) is 24.7 Å². The molecule has 0 aromatic heterocycles. The molecule has 0 spiro atoms. The number of ether oxygens (including phenoxy) is 2. The summed E-state index contributed by atoms with van der Waals surface area (Å²) in [6.45, 7) is 0.380. The van der Waals surface area contributed by atoms with Crippen molar-refractivity contribution >= 4 is 5.69 Å². The second-order valence-corrected chi connectivity index (χ2v) is 5.11. The molecule has 2 rings (SSSR count). The smallest absolute Gasteiger partial charge is 0.311 e. The van der Waals surface area contributed by atoms with Gasteiger partial charge in [0.2, 0.25) is 0 Å². The van der Waals surface area contributed by atoms with Gasteiger partial charge in [-0.2, -0.15) is 0 Å². The van der Waals surface area contributed by atoms with Crippen molar-refractivity contribution in [3.8, 4) is 5.75 Å². The molecule has 0 bridgehead atoms. The molecule has 1 fully saturated rings. The molecular formula is C14H20N2O4. The second kappa shape index (κ2) is 6.67. The normalized spacial score (nSPS) is 22.5. The van der Waals surface area contributed by atoms with E-state index in [1.54, 1.807) is 12.1 Å². The summed E-state index contributed by atoms with van der Waals surface area (Å²) in [5.74, 6) is 0.266. The molecular weight excluding hydrogens is 260 g/mol. The van der Waals surface area contributed by atoms with Crippen LogP contribution in [0.25, 0.3) is 0 Å². The maximum Gasteiger partial charge on any atom is 0.311 e. The Morgan fingerprint density at radius 3 is 2.65 bits per heavy atom. The van der Waals surface area contributed by atoms with Crippen LogP contribution in [0.1, 0.15) is 31.2 Å². The zero-order valence-corrected chi connectivity index (χ0v) is 11.6. The molecule has 0 unspecified atom stereocenters. The maximum absolute atomic E-state index is 10.9. The molecule has 110 valence electrons. The summed E-state index contributed by atoms with van der Waals surface area (Å²) < 4.78 is 10.8. The molecule has 0 atom stereocenters. The Hall–Kier alpha value is -1.66. The van der Waals surface area contributed by atoms with Crippen molar-refractivity contribution in [2.45, 2.75) is 44.4 Å². The lowest BCUT2D eigenvalue weighted by Crippen LogP contribution is -2.30. The topological polar surface area (TPSA) is 87.6 Å². The van der Waals surface area contributed by atoms with Gasteiger partial charge < -0.3 is 15.2 Å². The summed E-state index contributed by atoms with van der Waals surface area (Å²) >= 11 is 0. The highest BCUT2D eigenvalue weighted by atomic mass is 16.6. The second-order valence-electron chi connectivity index (χ2n) is 5.11. The molecule has 0 radical (unpaired) electrons. The van der Waals surface area contributed by atoms with E-state index >= 15 is 0 Å². The van der Waals surface area contributed by atoms with E-state index in [-0.39, 0.29) is 23.6 Å². The first-order valence-electron chi connectivity index (χ1n) is 6.78. The van der Waals surface area contributed by atoms with Gasteiger partial charge in [-0.1, -0.05) is 6.07 Å². The lowest BCUT2D eigenvalue weighted by molar-refractivity contribution is -0.385. The summed E-state index contributed by atoms with van der Waals surface area (Å²) in [6, 6.07) is 5.19. The lowest BCUT2D eigenvalue weighted by Gasteiger charge is -2.26. The van der Waals surface area contributed by atoms with Crippen LogP contribution >= 0.6 is 0 Å². The lowest BCUT2D eigenvalue weighted by atomic mass is 9.94. The highest BCUT2D eigenvalue weighted by molar-refractivity contribution is 5.48. The molecule has 0 amide bonds. The molecule has 1 aromatic rings. The minimum atomic E-state index is -0.442. The fourth-order valence-corrected chi connectivity index (χ4v) is 2.44. The predicted molar refractivity (Wildman–Crippen MR) is 74.7 cm³/mol. The minimum Gasteiger partial charge on any atom is -0.490 e. The van der Waals surface area contributed by atoms with Crippen molar-refractivity contribution in [2.24, 2.45) is 5.73 Å². The Bertz CT molecular complexity index is 470. The van der Waals surface area contributed by atoms with Crippen LogP contribution in [0.2, 0.25) is 0 Å². The number of nitrogens with zero attached hydrogens (tertiary/aromatic N) is 1. The van der Waals surface area contributed by atoms with E-state index in [1.165, 1.54) is 13.2 Å². The Kier molecular flexibility index (Phi) is 4.92. The van der Waals surface area contributed by atoms with Gasteiger partial charge in [-0.05, 0) is 37.3 Å². The van der Waals surface area contributed by atoms with E-state index in [1.807, 2.05) is 0 Å². The number of hydrogen-bond acceptors (Lipinski definition) is 5. The highest BCUT2D eigenvalue weighted by Gasteiger charge is 2.20. The molecule has 6 nitrogen and oxygen atoms in total. The largest absolute Gasteiger partial charge is 0.490 e. The Morgan fingerprint density at radius 2 is 2.05 bits per heavy atom. The first-order valence-corrected chi connectivity index (χ1v) is 6.78. The molecule has 1 aliphatic carbocycles. The van der Waals surface area contributed by atoms with Gasteiger partial charge in [0.15, 0.2) is 5.75 Å². The highest BCUT2D eigenvalue weighted by Crippen LogP contribution is 2.28. The third kappa shape index (κ3) is 3.68. The van der Waals surface area contributed by atoms with E-state index in [9.17, 15) is 10.1 Å². The van der Waals surface area contributed by atoms with E-state index in [0.717, 1.165) is 31.2 Å². The zero-order chi connectivity index (χ0) is 14.5. The van der Waals surface area contributed by atoms with E-state index < -0.39 is 4.92 Å². The third-order valence-corrected chi connectivity index (χ3v) is 3.64. The summed E-state index contributed by atoms with van der Waals surface area (Å²) in [4.78, 5) is 10.5.